The van der Waals surface area contributed by atoms with Gasteiger partial charge in [0, 0.05) is 18.8 Å². The van der Waals surface area contributed by atoms with Gasteiger partial charge in [-0.05, 0) is 136 Å². The number of nitrogens with one attached hydrogen (secondary N) is 1. The first kappa shape index (κ1) is 38.8. The number of allylic oxidation sites excluding steroid dienone is 6. The number of amides is 1. The molecule has 2 atom stereocenters. The number of hydrogen-bond donors (Lipinski definition) is 2. The highest BCUT2D eigenvalue weighted by Gasteiger charge is 2.34. The van der Waals surface area contributed by atoms with E-state index in [1.54, 1.807) is 0 Å². The van der Waals surface area contributed by atoms with Crippen LogP contribution in [0.5, 0.6) is 11.5 Å². The second-order valence-electron chi connectivity index (χ2n) is 13.4. The highest BCUT2D eigenvalue weighted by molar-refractivity contribution is 7.51. The molecule has 1 amide bonds. The van der Waals surface area contributed by atoms with Crippen LogP contribution in [-0.2, 0) is 15.5 Å². The number of hydrogen-bond acceptors (Lipinski definition) is 5. The van der Waals surface area contributed by atoms with E-state index in [-0.39, 0.29) is 12.2 Å². The largest absolute Gasteiger partial charge is 0.487 e. The minimum atomic E-state index is -3.40. The summed E-state index contributed by atoms with van der Waals surface area (Å²) in [6.45, 7) is 19.1. The minimum absolute atomic E-state index is 0.227. The lowest BCUT2D eigenvalue weighted by molar-refractivity contribution is 0.0558. The third-order valence-corrected chi connectivity index (χ3v) is 9.38. The third-order valence-electron chi connectivity index (χ3n) is 8.72. The summed E-state index contributed by atoms with van der Waals surface area (Å²) in [7, 11) is -3.40. The van der Waals surface area contributed by atoms with Crippen molar-refractivity contribution in [2.45, 2.75) is 138 Å². The van der Waals surface area contributed by atoms with Crippen molar-refractivity contribution in [3.63, 3.8) is 0 Å². The fourth-order valence-corrected chi connectivity index (χ4v) is 6.18. The zero-order valence-corrected chi connectivity index (χ0v) is 30.5. The number of rotatable bonds is 18. The Kier molecular flexibility index (Phi) is 16.2. The molecule has 2 rings (SSSR count). The maximum atomic E-state index is 12.6. The summed E-state index contributed by atoms with van der Waals surface area (Å²) in [5.74, 6) is 1.58. The molecular weight excluding hydrogens is 585 g/mol. The Morgan fingerprint density at radius 2 is 1.56 bits per heavy atom. The van der Waals surface area contributed by atoms with Crippen molar-refractivity contribution in [3.8, 4) is 11.5 Å². The Bertz CT molecular complexity index is 1270. The lowest BCUT2D eigenvalue weighted by Crippen LogP contribution is -2.37. The Morgan fingerprint density at radius 3 is 2.20 bits per heavy atom. The second-order valence-corrected chi connectivity index (χ2v) is 15.3. The molecule has 1 aromatic rings. The van der Waals surface area contributed by atoms with Gasteiger partial charge in [0.2, 0.25) is 0 Å². The molecule has 0 fully saturated rings. The normalized spacial score (nSPS) is 18.1. The van der Waals surface area contributed by atoms with E-state index in [1.807, 2.05) is 13.8 Å². The molecule has 8 heteroatoms. The van der Waals surface area contributed by atoms with Crippen molar-refractivity contribution < 1.29 is 28.3 Å². The fraction of sp³-hybridized carbons (Fsp3) is 0.649. The van der Waals surface area contributed by atoms with E-state index < -0.39 is 13.7 Å². The van der Waals surface area contributed by atoms with E-state index in [0.717, 1.165) is 98.6 Å². The average molecular weight is 646 g/mol. The van der Waals surface area contributed by atoms with E-state index in [1.165, 1.54) is 23.4 Å². The molecule has 0 radical (unpaired) electrons. The highest BCUT2D eigenvalue weighted by Crippen LogP contribution is 2.45. The van der Waals surface area contributed by atoms with E-state index in [4.69, 9.17) is 18.9 Å². The van der Waals surface area contributed by atoms with Gasteiger partial charge in [-0.2, -0.15) is 0 Å². The minimum Gasteiger partial charge on any atom is -0.487 e. The van der Waals surface area contributed by atoms with Gasteiger partial charge in [-0.3, -0.25) is 4.57 Å². The van der Waals surface area contributed by atoms with Crippen LogP contribution in [0.4, 0.5) is 4.79 Å². The molecule has 1 aromatic carbocycles. The molecule has 0 saturated carbocycles. The first-order valence-corrected chi connectivity index (χ1v) is 18.8. The van der Waals surface area contributed by atoms with Crippen LogP contribution in [0.2, 0.25) is 0 Å². The van der Waals surface area contributed by atoms with Crippen LogP contribution in [0, 0.1) is 20.8 Å². The van der Waals surface area contributed by atoms with E-state index in [2.05, 4.69) is 65.1 Å². The lowest BCUT2D eigenvalue weighted by Gasteiger charge is -2.38. The fourth-order valence-electron chi connectivity index (χ4n) is 5.71. The van der Waals surface area contributed by atoms with E-state index >= 15 is 0 Å². The van der Waals surface area contributed by atoms with Gasteiger partial charge in [0.05, 0.1) is 6.61 Å². The van der Waals surface area contributed by atoms with E-state index in [9.17, 15) is 9.36 Å². The molecule has 7 nitrogen and oxygen atoms in total. The Hall–Kier alpha value is -2.34. The topological polar surface area (TPSA) is 94.1 Å². The van der Waals surface area contributed by atoms with Crippen LogP contribution in [0.15, 0.2) is 34.9 Å². The summed E-state index contributed by atoms with van der Waals surface area (Å²) in [4.78, 5) is 21.8. The summed E-state index contributed by atoms with van der Waals surface area (Å²) < 4.78 is 28.6. The molecule has 2 N–H and O–H groups in total. The molecule has 0 bridgehead atoms. The van der Waals surface area contributed by atoms with Gasteiger partial charge >= 0.3 is 13.7 Å². The van der Waals surface area contributed by atoms with Gasteiger partial charge in [0.25, 0.3) is 0 Å². The Labute approximate surface area is 273 Å². The number of carbonyl (C=O) groups is 1. The van der Waals surface area contributed by atoms with Gasteiger partial charge in [0.1, 0.15) is 17.1 Å². The zero-order valence-electron chi connectivity index (χ0n) is 29.6. The molecule has 0 aliphatic carbocycles. The molecule has 0 spiro atoms. The smallest absolute Gasteiger partial charge is 0.412 e. The summed E-state index contributed by atoms with van der Waals surface area (Å²) in [6.07, 6.45) is 18.1. The third kappa shape index (κ3) is 14.3. The van der Waals surface area contributed by atoms with E-state index in [0.29, 0.717) is 18.7 Å². The summed E-state index contributed by atoms with van der Waals surface area (Å²) in [5, 5.41) is 2.86. The molecule has 1 unspecified atom stereocenters. The molecule has 45 heavy (non-hydrogen) atoms. The number of ether oxygens (including phenoxy) is 2. The molecule has 0 aromatic heterocycles. The van der Waals surface area contributed by atoms with Gasteiger partial charge in [0.15, 0.2) is 0 Å². The Balaban J connectivity index is 1.86. The predicted octanol–water partition coefficient (Wildman–Crippen LogP) is 10.4. The summed E-state index contributed by atoms with van der Waals surface area (Å²) >= 11 is 0. The van der Waals surface area contributed by atoms with Crippen molar-refractivity contribution in [2.24, 2.45) is 0 Å². The van der Waals surface area contributed by atoms with Crippen molar-refractivity contribution >= 4 is 13.7 Å². The molecular formula is C37H60NO6P. The quantitative estimate of drug-likeness (QED) is 0.0937. The summed E-state index contributed by atoms with van der Waals surface area (Å²) in [5.41, 5.74) is 8.15. The molecule has 254 valence electrons. The first-order chi connectivity index (χ1) is 21.1. The van der Waals surface area contributed by atoms with Crippen LogP contribution in [0.25, 0.3) is 0 Å². The van der Waals surface area contributed by atoms with Crippen LogP contribution in [0.3, 0.4) is 0 Å². The number of benzene rings is 1. The average Bonchev–Trinajstić information content (AvgIpc) is 2.94. The maximum Gasteiger partial charge on any atom is 0.412 e. The number of unbranched alkanes of at least 4 members (excludes halogenated alkanes) is 3. The van der Waals surface area contributed by atoms with Gasteiger partial charge in [-0.25, -0.2) is 4.79 Å². The zero-order chi connectivity index (χ0) is 33.6. The molecule has 0 saturated heterocycles. The van der Waals surface area contributed by atoms with Crippen LogP contribution in [0.1, 0.15) is 128 Å². The Morgan fingerprint density at radius 1 is 0.933 bits per heavy atom. The SMILES string of the molecule is CC(C)=CCC/C(C)=C/CC/C(C)=C/CC[C@]1(C)CCc2c(C)c(OC(=O)NCCCCCCOP(C)(=O)O)c(C)c(C)c2O1. The van der Waals surface area contributed by atoms with Crippen molar-refractivity contribution in [1.29, 1.82) is 0 Å². The van der Waals surface area contributed by atoms with Gasteiger partial charge < -0.3 is 24.2 Å². The van der Waals surface area contributed by atoms with Gasteiger partial charge in [-0.15, -0.1) is 0 Å². The molecule has 1 aliphatic rings. The highest BCUT2D eigenvalue weighted by atomic mass is 31.2. The van der Waals surface area contributed by atoms with Gasteiger partial charge in [-0.1, -0.05) is 47.8 Å². The van der Waals surface area contributed by atoms with Crippen LogP contribution >= 0.6 is 7.60 Å². The number of fused-ring (bicyclic) bond motifs is 1. The summed E-state index contributed by atoms with van der Waals surface area (Å²) in [6, 6.07) is 0. The standard InChI is InChI=1S/C37H60NO6P/c1-27(2)17-14-18-28(3)19-15-20-29(4)21-16-23-37(8)24-22-33-32(7)34(30(5)31(6)35(33)44-37)43-36(39)38-25-12-10-11-13-26-42-45(9,40)41/h17,19,21H,10-16,18,20,22-26H2,1-9H3,(H,38,39)(H,40,41)/b28-19+,29-21+/t37-/m1/s1. The monoisotopic (exact) mass is 645 g/mol. The lowest BCUT2D eigenvalue weighted by atomic mass is 9.85. The van der Waals surface area contributed by atoms with Crippen molar-refractivity contribution in [1.82, 2.24) is 5.32 Å². The van der Waals surface area contributed by atoms with Crippen molar-refractivity contribution in [3.05, 3.63) is 57.2 Å². The maximum absolute atomic E-state index is 12.6. The second kappa shape index (κ2) is 18.7. The number of carbonyl (C=O) groups excluding carboxylic acids is 1. The molecule has 1 heterocycles. The van der Waals surface area contributed by atoms with Crippen LogP contribution in [-0.4, -0.2) is 36.4 Å². The van der Waals surface area contributed by atoms with Crippen molar-refractivity contribution in [2.75, 3.05) is 19.8 Å². The molecule has 1 aliphatic heterocycles. The predicted molar refractivity (Wildman–Crippen MR) is 187 cm³/mol. The first-order valence-electron chi connectivity index (χ1n) is 16.8. The van der Waals surface area contributed by atoms with Crippen LogP contribution < -0.4 is 14.8 Å².